The van der Waals surface area contributed by atoms with Crippen LogP contribution in [-0.2, 0) is 0 Å². The van der Waals surface area contributed by atoms with Crippen LogP contribution in [0.4, 0.5) is 0 Å². The van der Waals surface area contributed by atoms with Gasteiger partial charge in [-0.1, -0.05) is 26.0 Å². The van der Waals surface area contributed by atoms with Crippen LogP contribution in [0.3, 0.4) is 0 Å². The van der Waals surface area contributed by atoms with Crippen LogP contribution in [0.5, 0.6) is 0 Å². The zero-order valence-corrected chi connectivity index (χ0v) is 10.4. The van der Waals surface area contributed by atoms with Crippen molar-refractivity contribution >= 4 is 12.6 Å². The summed E-state index contributed by atoms with van der Waals surface area (Å²) in [6, 6.07) is 0. The van der Waals surface area contributed by atoms with E-state index in [-0.39, 0.29) is 0 Å². The van der Waals surface area contributed by atoms with Gasteiger partial charge in [0.15, 0.2) is 0 Å². The molecule has 0 aliphatic carbocycles. The highest BCUT2D eigenvalue weighted by Crippen LogP contribution is 2.36. The Morgan fingerprint density at radius 2 is 2.00 bits per heavy atom. The summed E-state index contributed by atoms with van der Waals surface area (Å²) in [5.41, 5.74) is 0.620. The topological polar surface area (TPSA) is 3.24 Å². The molecule has 1 rings (SSSR count). The van der Waals surface area contributed by atoms with Crippen LogP contribution in [0.1, 0.15) is 33.1 Å². The van der Waals surface area contributed by atoms with Crippen molar-refractivity contribution in [1.29, 1.82) is 0 Å². The van der Waals surface area contributed by atoms with Crippen molar-refractivity contribution in [2.24, 2.45) is 5.41 Å². The van der Waals surface area contributed by atoms with Gasteiger partial charge < -0.3 is 0 Å². The zero-order valence-electron chi connectivity index (χ0n) is 9.50. The van der Waals surface area contributed by atoms with Crippen molar-refractivity contribution < 1.29 is 0 Å². The molecule has 0 bridgehead atoms. The molecule has 2 heteroatoms. The van der Waals surface area contributed by atoms with Gasteiger partial charge in [0, 0.05) is 18.8 Å². The van der Waals surface area contributed by atoms with Crippen molar-refractivity contribution in [2.45, 2.75) is 33.1 Å². The Balaban J connectivity index is 2.36. The van der Waals surface area contributed by atoms with Gasteiger partial charge in [0.1, 0.15) is 0 Å². The fourth-order valence-electron chi connectivity index (χ4n) is 2.31. The predicted octanol–water partition coefficient (Wildman–Crippen LogP) is 2.98. The standard InChI is InChI=1S/C12H23NS/c1-3-12(4-2)7-9-13(11-12)8-5-6-10-14/h5-6,14H,3-4,7-11H2,1-2H3. The van der Waals surface area contributed by atoms with Crippen molar-refractivity contribution in [3.05, 3.63) is 12.2 Å². The summed E-state index contributed by atoms with van der Waals surface area (Å²) in [7, 11) is 0. The van der Waals surface area contributed by atoms with E-state index in [1.54, 1.807) is 0 Å². The molecule has 0 N–H and O–H groups in total. The quantitative estimate of drug-likeness (QED) is 0.543. The molecular weight excluding hydrogens is 190 g/mol. The maximum Gasteiger partial charge on any atom is 0.0163 e. The number of hydrogen-bond donors (Lipinski definition) is 1. The van der Waals surface area contributed by atoms with E-state index in [1.165, 1.54) is 32.4 Å². The molecule has 1 aliphatic heterocycles. The molecule has 1 fully saturated rings. The number of hydrogen-bond acceptors (Lipinski definition) is 2. The minimum Gasteiger partial charge on any atom is -0.299 e. The number of likely N-dealkylation sites (tertiary alicyclic amines) is 1. The normalized spacial score (nSPS) is 22.2. The summed E-state index contributed by atoms with van der Waals surface area (Å²) in [5, 5.41) is 0. The maximum atomic E-state index is 4.16. The lowest BCUT2D eigenvalue weighted by Gasteiger charge is -2.26. The van der Waals surface area contributed by atoms with Gasteiger partial charge in [0.2, 0.25) is 0 Å². The molecule has 0 aromatic carbocycles. The third-order valence-electron chi connectivity index (χ3n) is 3.65. The molecule has 1 nitrogen and oxygen atoms in total. The van der Waals surface area contributed by atoms with Gasteiger partial charge in [-0.15, -0.1) is 0 Å². The van der Waals surface area contributed by atoms with Crippen molar-refractivity contribution in [2.75, 3.05) is 25.4 Å². The van der Waals surface area contributed by atoms with E-state index >= 15 is 0 Å². The van der Waals surface area contributed by atoms with Crippen molar-refractivity contribution in [3.8, 4) is 0 Å². The largest absolute Gasteiger partial charge is 0.299 e. The van der Waals surface area contributed by atoms with Gasteiger partial charge in [-0.05, 0) is 31.2 Å². The molecule has 0 unspecified atom stereocenters. The first kappa shape index (κ1) is 12.1. The minimum absolute atomic E-state index is 0.620. The average Bonchev–Trinajstić information content (AvgIpc) is 2.63. The Kier molecular flexibility index (Phi) is 5.04. The molecule has 1 aliphatic rings. The maximum absolute atomic E-state index is 4.16. The lowest BCUT2D eigenvalue weighted by Crippen LogP contribution is -2.26. The van der Waals surface area contributed by atoms with Gasteiger partial charge >= 0.3 is 0 Å². The second kappa shape index (κ2) is 5.82. The first-order chi connectivity index (χ1) is 6.76. The van der Waals surface area contributed by atoms with E-state index < -0.39 is 0 Å². The Morgan fingerprint density at radius 1 is 1.29 bits per heavy atom. The number of rotatable bonds is 5. The second-order valence-corrected chi connectivity index (χ2v) is 4.71. The fourth-order valence-corrected chi connectivity index (χ4v) is 2.46. The van der Waals surface area contributed by atoms with Crippen molar-refractivity contribution in [1.82, 2.24) is 4.90 Å². The molecule has 14 heavy (non-hydrogen) atoms. The van der Waals surface area contributed by atoms with E-state index in [2.05, 4.69) is 43.5 Å². The number of thiol groups is 1. The monoisotopic (exact) mass is 213 g/mol. The minimum atomic E-state index is 0.620. The molecule has 0 amide bonds. The Morgan fingerprint density at radius 3 is 2.50 bits per heavy atom. The summed E-state index contributed by atoms with van der Waals surface area (Å²) in [4.78, 5) is 2.56. The third kappa shape index (κ3) is 3.03. The SMILES string of the molecule is CCC1(CC)CCN(CC=CCS)C1. The molecule has 82 valence electrons. The first-order valence-electron chi connectivity index (χ1n) is 5.74. The van der Waals surface area contributed by atoms with Crippen LogP contribution in [0.2, 0.25) is 0 Å². The van der Waals surface area contributed by atoms with E-state index in [0.717, 1.165) is 12.3 Å². The molecular formula is C12H23NS. The van der Waals surface area contributed by atoms with Gasteiger partial charge in [-0.2, -0.15) is 12.6 Å². The first-order valence-corrected chi connectivity index (χ1v) is 6.38. The third-order valence-corrected chi connectivity index (χ3v) is 3.86. The number of nitrogens with zero attached hydrogens (tertiary/aromatic N) is 1. The Bertz CT molecular complexity index is 185. The summed E-state index contributed by atoms with van der Waals surface area (Å²) >= 11 is 4.16. The van der Waals surface area contributed by atoms with E-state index in [9.17, 15) is 0 Å². The molecule has 0 aromatic rings. The lowest BCUT2D eigenvalue weighted by atomic mass is 9.82. The van der Waals surface area contributed by atoms with Gasteiger partial charge in [0.05, 0.1) is 0 Å². The lowest BCUT2D eigenvalue weighted by molar-refractivity contribution is 0.251. The van der Waals surface area contributed by atoms with Crippen LogP contribution < -0.4 is 0 Å². The average molecular weight is 213 g/mol. The Hall–Kier alpha value is 0.0500. The smallest absolute Gasteiger partial charge is 0.0163 e. The zero-order chi connectivity index (χ0) is 10.4. The van der Waals surface area contributed by atoms with Gasteiger partial charge in [0.25, 0.3) is 0 Å². The van der Waals surface area contributed by atoms with E-state index in [0.29, 0.717) is 5.41 Å². The highest BCUT2D eigenvalue weighted by Gasteiger charge is 2.33. The Labute approximate surface area is 94.0 Å². The molecule has 0 saturated carbocycles. The summed E-state index contributed by atoms with van der Waals surface area (Å²) in [6.45, 7) is 8.34. The van der Waals surface area contributed by atoms with E-state index in [4.69, 9.17) is 0 Å². The predicted molar refractivity (Wildman–Crippen MR) is 67.1 cm³/mol. The van der Waals surface area contributed by atoms with Gasteiger partial charge in [-0.25, -0.2) is 0 Å². The van der Waals surface area contributed by atoms with Crippen LogP contribution in [0, 0.1) is 5.41 Å². The van der Waals surface area contributed by atoms with Crippen LogP contribution >= 0.6 is 12.6 Å². The summed E-state index contributed by atoms with van der Waals surface area (Å²) < 4.78 is 0. The highest BCUT2D eigenvalue weighted by atomic mass is 32.1. The van der Waals surface area contributed by atoms with Gasteiger partial charge in [-0.3, -0.25) is 4.90 Å². The van der Waals surface area contributed by atoms with Crippen LogP contribution in [-0.4, -0.2) is 30.3 Å². The van der Waals surface area contributed by atoms with E-state index in [1.807, 2.05) is 0 Å². The van der Waals surface area contributed by atoms with Crippen LogP contribution in [0.25, 0.3) is 0 Å². The fraction of sp³-hybridized carbons (Fsp3) is 0.833. The molecule has 0 atom stereocenters. The van der Waals surface area contributed by atoms with Crippen molar-refractivity contribution in [3.63, 3.8) is 0 Å². The second-order valence-electron chi connectivity index (χ2n) is 4.35. The molecule has 1 heterocycles. The van der Waals surface area contributed by atoms with Crippen LogP contribution in [0.15, 0.2) is 12.2 Å². The molecule has 0 spiro atoms. The summed E-state index contributed by atoms with van der Waals surface area (Å²) in [5.74, 6) is 0.862. The summed E-state index contributed by atoms with van der Waals surface area (Å²) in [6.07, 6.45) is 8.43. The molecule has 0 radical (unpaired) electrons. The highest BCUT2D eigenvalue weighted by molar-refractivity contribution is 7.80. The molecule has 1 saturated heterocycles. The molecule has 0 aromatic heterocycles.